The number of benzene rings is 3. The number of aryl methyl sites for hydroxylation is 2. The lowest BCUT2D eigenvalue weighted by atomic mass is 10.1. The van der Waals surface area contributed by atoms with Crippen LogP contribution in [0.1, 0.15) is 16.7 Å². The number of sulfonamides is 1. The Balaban J connectivity index is 2.07. The van der Waals surface area contributed by atoms with Gasteiger partial charge in [-0.15, -0.1) is 0 Å². The molecule has 0 fully saturated rings. The van der Waals surface area contributed by atoms with Crippen molar-refractivity contribution in [1.82, 2.24) is 0 Å². The third-order valence-corrected chi connectivity index (χ3v) is 7.33. The average Bonchev–Trinajstić information content (AvgIpc) is 2.79. The lowest BCUT2D eigenvalue weighted by molar-refractivity contribution is -0.137. The number of anilines is 2. The minimum atomic E-state index is -4.71. The van der Waals surface area contributed by atoms with Crippen LogP contribution in [0.25, 0.3) is 0 Å². The first kappa shape index (κ1) is 26.4. The number of rotatable bonds is 7. The van der Waals surface area contributed by atoms with E-state index in [0.29, 0.717) is 11.1 Å². The first-order valence-corrected chi connectivity index (χ1v) is 12.1. The van der Waals surface area contributed by atoms with Crippen molar-refractivity contribution in [2.75, 3.05) is 23.3 Å². The second-order valence-electron chi connectivity index (χ2n) is 7.69. The number of nitrogens with one attached hydrogen (secondary N) is 1. The molecule has 0 atom stereocenters. The number of methoxy groups -OCH3 is 1. The van der Waals surface area contributed by atoms with Crippen molar-refractivity contribution < 1.29 is 31.1 Å². The van der Waals surface area contributed by atoms with Gasteiger partial charge in [0.25, 0.3) is 10.0 Å². The van der Waals surface area contributed by atoms with E-state index in [-0.39, 0.29) is 21.4 Å². The molecular weight excluding hydrogens is 505 g/mol. The summed E-state index contributed by atoms with van der Waals surface area (Å²) in [4.78, 5) is 12.7. The fourth-order valence-corrected chi connectivity index (χ4v) is 5.15. The molecule has 6 nitrogen and oxygen atoms in total. The van der Waals surface area contributed by atoms with Gasteiger partial charge in [0.1, 0.15) is 17.2 Å². The highest BCUT2D eigenvalue weighted by molar-refractivity contribution is 7.93. The Morgan fingerprint density at radius 1 is 1.06 bits per heavy atom. The van der Waals surface area contributed by atoms with Crippen molar-refractivity contribution in [1.29, 1.82) is 0 Å². The molecule has 0 saturated heterocycles. The Hall–Kier alpha value is -3.24. The first-order chi connectivity index (χ1) is 16.3. The molecule has 0 unspecified atom stereocenters. The highest BCUT2D eigenvalue weighted by Gasteiger charge is 2.35. The summed E-state index contributed by atoms with van der Waals surface area (Å²) in [6, 6.07) is 13.3. The maximum atomic E-state index is 13.7. The Kier molecular flexibility index (Phi) is 7.66. The van der Waals surface area contributed by atoms with Crippen LogP contribution in [0.2, 0.25) is 5.02 Å². The van der Waals surface area contributed by atoms with E-state index in [1.54, 1.807) is 26.0 Å². The Bertz CT molecular complexity index is 1360. The number of ether oxygens (including phenoxy) is 1. The van der Waals surface area contributed by atoms with E-state index in [1.807, 2.05) is 0 Å². The number of carbonyl (C=O) groups excluding carboxylic acids is 1. The molecule has 0 aliphatic rings. The second-order valence-corrected chi connectivity index (χ2v) is 9.93. The molecule has 1 amide bonds. The summed E-state index contributed by atoms with van der Waals surface area (Å²) in [5.74, 6) is -0.935. The number of hydrogen-bond donors (Lipinski definition) is 1. The van der Waals surface area contributed by atoms with Gasteiger partial charge in [-0.1, -0.05) is 35.9 Å². The molecule has 0 radical (unpaired) electrons. The van der Waals surface area contributed by atoms with Crippen molar-refractivity contribution in [2.45, 2.75) is 24.9 Å². The third kappa shape index (κ3) is 5.88. The van der Waals surface area contributed by atoms with E-state index in [0.717, 1.165) is 16.4 Å². The molecule has 1 N–H and O–H groups in total. The van der Waals surface area contributed by atoms with E-state index in [1.165, 1.54) is 43.5 Å². The van der Waals surface area contributed by atoms with Gasteiger partial charge in [-0.2, -0.15) is 13.2 Å². The quantitative estimate of drug-likeness (QED) is 0.421. The maximum absolute atomic E-state index is 13.7. The van der Waals surface area contributed by atoms with Crippen LogP contribution in [0.15, 0.2) is 65.6 Å². The van der Waals surface area contributed by atoms with Gasteiger partial charge >= 0.3 is 6.18 Å². The summed E-state index contributed by atoms with van der Waals surface area (Å²) in [5.41, 5.74) is -0.193. The van der Waals surface area contributed by atoms with Crippen molar-refractivity contribution in [3.05, 3.63) is 82.4 Å². The fraction of sp³-hybridized carbons (Fsp3) is 0.208. The Labute approximate surface area is 206 Å². The molecule has 0 bridgehead atoms. The largest absolute Gasteiger partial charge is 0.495 e. The van der Waals surface area contributed by atoms with Gasteiger partial charge in [0.05, 0.1) is 24.0 Å². The molecule has 0 spiro atoms. The first-order valence-electron chi connectivity index (χ1n) is 10.2. The van der Waals surface area contributed by atoms with Gasteiger partial charge < -0.3 is 10.1 Å². The van der Waals surface area contributed by atoms with Crippen LogP contribution >= 0.6 is 11.6 Å². The molecule has 11 heteroatoms. The van der Waals surface area contributed by atoms with Gasteiger partial charge in [-0.3, -0.25) is 9.10 Å². The predicted octanol–water partition coefficient (Wildman–Crippen LogP) is 5.82. The van der Waals surface area contributed by atoms with Crippen molar-refractivity contribution in [3.8, 4) is 5.75 Å². The summed E-state index contributed by atoms with van der Waals surface area (Å²) in [6.07, 6.45) is -4.71. The monoisotopic (exact) mass is 526 g/mol. The normalized spacial score (nSPS) is 11.7. The number of amides is 1. The average molecular weight is 527 g/mol. The van der Waals surface area contributed by atoms with E-state index in [9.17, 15) is 26.4 Å². The molecule has 35 heavy (non-hydrogen) atoms. The van der Waals surface area contributed by atoms with E-state index >= 15 is 0 Å². The summed E-state index contributed by atoms with van der Waals surface area (Å²) < 4.78 is 73.5. The van der Waals surface area contributed by atoms with E-state index < -0.39 is 39.9 Å². The van der Waals surface area contributed by atoms with Crippen LogP contribution in [0.4, 0.5) is 24.5 Å². The van der Waals surface area contributed by atoms with Crippen LogP contribution in [0, 0.1) is 13.8 Å². The minimum Gasteiger partial charge on any atom is -0.495 e. The Morgan fingerprint density at radius 3 is 2.37 bits per heavy atom. The fourth-order valence-electron chi connectivity index (χ4n) is 3.32. The molecule has 186 valence electrons. The number of alkyl halides is 3. The van der Waals surface area contributed by atoms with Crippen molar-refractivity contribution >= 4 is 38.9 Å². The molecule has 3 aromatic rings. The number of halogens is 4. The van der Waals surface area contributed by atoms with Crippen molar-refractivity contribution in [2.24, 2.45) is 0 Å². The SMILES string of the molecule is COc1ccc(C)cc1S(=O)(=O)N(CC(=O)Nc1ccccc1C(F)(F)F)c1ccc(C)c(Cl)c1. The second kappa shape index (κ2) is 10.2. The molecule has 3 aromatic carbocycles. The van der Waals surface area contributed by atoms with Crippen LogP contribution < -0.4 is 14.4 Å². The van der Waals surface area contributed by atoms with Gasteiger partial charge in [0.15, 0.2) is 0 Å². The lowest BCUT2D eigenvalue weighted by Crippen LogP contribution is -2.38. The van der Waals surface area contributed by atoms with E-state index in [4.69, 9.17) is 16.3 Å². The zero-order valence-corrected chi connectivity index (χ0v) is 20.6. The topological polar surface area (TPSA) is 75.7 Å². The summed E-state index contributed by atoms with van der Waals surface area (Å²) in [5, 5.41) is 2.43. The number of carbonyl (C=O) groups is 1. The standard InChI is InChI=1S/C24H22ClF3N2O4S/c1-15-8-11-21(34-3)22(12-15)35(32,33)30(17-10-9-16(2)19(25)13-17)14-23(31)29-20-7-5-4-6-18(20)24(26,27)28/h4-13H,14H2,1-3H3,(H,29,31). The number of para-hydroxylation sites is 1. The highest BCUT2D eigenvalue weighted by Crippen LogP contribution is 2.35. The van der Waals surface area contributed by atoms with Crippen LogP contribution in [0.5, 0.6) is 5.75 Å². The zero-order valence-electron chi connectivity index (χ0n) is 19.0. The lowest BCUT2D eigenvalue weighted by Gasteiger charge is -2.26. The maximum Gasteiger partial charge on any atom is 0.418 e. The van der Waals surface area contributed by atoms with Gasteiger partial charge in [0, 0.05) is 5.02 Å². The highest BCUT2D eigenvalue weighted by atomic mass is 35.5. The van der Waals surface area contributed by atoms with Crippen LogP contribution in [0.3, 0.4) is 0 Å². The van der Waals surface area contributed by atoms with Gasteiger partial charge in [0.2, 0.25) is 5.91 Å². The summed E-state index contributed by atoms with van der Waals surface area (Å²) in [7, 11) is -3.11. The van der Waals surface area contributed by atoms with Gasteiger partial charge in [-0.25, -0.2) is 8.42 Å². The van der Waals surface area contributed by atoms with Gasteiger partial charge in [-0.05, 0) is 61.4 Å². The van der Waals surface area contributed by atoms with Crippen LogP contribution in [-0.2, 0) is 21.0 Å². The summed E-state index contributed by atoms with van der Waals surface area (Å²) in [6.45, 7) is 2.59. The number of hydrogen-bond acceptors (Lipinski definition) is 4. The third-order valence-electron chi connectivity index (χ3n) is 5.12. The minimum absolute atomic E-state index is 0.0432. The predicted molar refractivity (Wildman–Crippen MR) is 129 cm³/mol. The zero-order chi connectivity index (χ0) is 26.0. The number of nitrogens with zero attached hydrogens (tertiary/aromatic N) is 1. The summed E-state index contributed by atoms with van der Waals surface area (Å²) >= 11 is 6.20. The molecule has 0 saturated carbocycles. The van der Waals surface area contributed by atoms with Crippen LogP contribution in [-0.4, -0.2) is 28.0 Å². The molecule has 0 aliphatic carbocycles. The smallest absolute Gasteiger partial charge is 0.418 e. The molecular formula is C24H22ClF3N2O4S. The molecule has 0 aromatic heterocycles. The Morgan fingerprint density at radius 2 is 1.74 bits per heavy atom. The van der Waals surface area contributed by atoms with E-state index in [2.05, 4.69) is 5.32 Å². The van der Waals surface area contributed by atoms with Crippen molar-refractivity contribution in [3.63, 3.8) is 0 Å². The molecule has 3 rings (SSSR count). The molecule has 0 aliphatic heterocycles. The molecule has 0 heterocycles.